The van der Waals surface area contributed by atoms with Gasteiger partial charge in [0.1, 0.15) is 5.75 Å². The van der Waals surface area contributed by atoms with E-state index >= 15 is 0 Å². The van der Waals surface area contributed by atoms with Crippen LogP contribution in [0.15, 0.2) is 48.5 Å². The summed E-state index contributed by atoms with van der Waals surface area (Å²) in [6, 6.07) is 15.6. The number of rotatable bonds is 9. The number of thiazole rings is 1. The summed E-state index contributed by atoms with van der Waals surface area (Å²) in [6.45, 7) is 3.87. The van der Waals surface area contributed by atoms with Crippen molar-refractivity contribution in [1.29, 1.82) is 0 Å². The maximum Gasteiger partial charge on any atom is 0.253 e. The Morgan fingerprint density at radius 3 is 2.58 bits per heavy atom. The van der Waals surface area contributed by atoms with Gasteiger partial charge in [0.15, 0.2) is 0 Å². The van der Waals surface area contributed by atoms with E-state index in [0.29, 0.717) is 31.7 Å². The van der Waals surface area contributed by atoms with Crippen molar-refractivity contribution in [3.8, 4) is 5.75 Å². The maximum atomic E-state index is 12.7. The van der Waals surface area contributed by atoms with Gasteiger partial charge in [0, 0.05) is 31.1 Å². The van der Waals surface area contributed by atoms with Crippen LogP contribution in [0.1, 0.15) is 54.4 Å². The molecule has 1 N–H and O–H groups in total. The van der Waals surface area contributed by atoms with Crippen LogP contribution in [0.25, 0.3) is 10.2 Å². The van der Waals surface area contributed by atoms with Gasteiger partial charge in [-0.1, -0.05) is 12.1 Å². The molecular formula is C26H31N3O3S. The number of hydrogen-bond donors (Lipinski definition) is 1. The summed E-state index contributed by atoms with van der Waals surface area (Å²) < 4.78 is 6.66. The van der Waals surface area contributed by atoms with Gasteiger partial charge in [-0.3, -0.25) is 9.59 Å². The number of unbranched alkanes of at least 4 members (excludes halogenated alkanes) is 1. The highest BCUT2D eigenvalue weighted by atomic mass is 32.1. The largest absolute Gasteiger partial charge is 0.494 e. The molecule has 0 aliphatic carbocycles. The van der Waals surface area contributed by atoms with E-state index in [-0.39, 0.29) is 17.9 Å². The molecular weight excluding hydrogens is 434 g/mol. The fourth-order valence-electron chi connectivity index (χ4n) is 4.16. The lowest BCUT2D eigenvalue weighted by atomic mass is 10.0. The number of aromatic nitrogens is 1. The lowest BCUT2D eigenvalue weighted by Gasteiger charge is -2.32. The minimum absolute atomic E-state index is 0.0395. The molecule has 1 aromatic heterocycles. The monoisotopic (exact) mass is 465 g/mol. The second kappa shape index (κ2) is 11.3. The third-order valence-electron chi connectivity index (χ3n) is 5.94. The number of nitrogens with one attached hydrogen (secondary N) is 1. The Hall–Kier alpha value is -2.93. The number of para-hydroxylation sites is 1. The first kappa shape index (κ1) is 23.2. The molecule has 174 valence electrons. The van der Waals surface area contributed by atoms with Gasteiger partial charge in [-0.05, 0) is 75.4 Å². The summed E-state index contributed by atoms with van der Waals surface area (Å²) in [5.74, 6) is 0.920. The van der Waals surface area contributed by atoms with Crippen molar-refractivity contribution in [3.63, 3.8) is 0 Å². The van der Waals surface area contributed by atoms with Gasteiger partial charge in [0.05, 0.1) is 21.8 Å². The Kier molecular flexibility index (Phi) is 7.94. The molecule has 1 saturated heterocycles. The number of nitrogens with zero attached hydrogens (tertiary/aromatic N) is 2. The van der Waals surface area contributed by atoms with Crippen LogP contribution < -0.4 is 10.1 Å². The third kappa shape index (κ3) is 6.32. The van der Waals surface area contributed by atoms with Crippen LogP contribution in [-0.4, -0.2) is 47.4 Å². The molecule has 4 rings (SSSR count). The molecule has 0 bridgehead atoms. The van der Waals surface area contributed by atoms with Crippen LogP contribution >= 0.6 is 11.3 Å². The number of aryl methyl sites for hydroxylation is 1. The van der Waals surface area contributed by atoms with Crippen molar-refractivity contribution in [1.82, 2.24) is 15.2 Å². The van der Waals surface area contributed by atoms with E-state index in [0.717, 1.165) is 48.4 Å². The van der Waals surface area contributed by atoms with Gasteiger partial charge in [-0.25, -0.2) is 4.98 Å². The standard InChI is InChI=1S/C26H31N3O3S/c1-2-32-21-13-11-19(12-14-21)26(31)29-17-15-20(16-18-29)27-24(30)9-5-6-10-25-28-22-7-3-4-8-23(22)33-25/h3-4,7-8,11-14,20H,2,5-6,9-10,15-18H2,1H3,(H,27,30). The number of ether oxygens (including phenoxy) is 1. The molecule has 0 atom stereocenters. The van der Waals surface area contributed by atoms with Gasteiger partial charge >= 0.3 is 0 Å². The first-order valence-electron chi connectivity index (χ1n) is 11.8. The summed E-state index contributed by atoms with van der Waals surface area (Å²) >= 11 is 1.74. The molecule has 2 heterocycles. The molecule has 7 heteroatoms. The molecule has 3 aromatic rings. The van der Waals surface area contributed by atoms with Crippen molar-refractivity contribution >= 4 is 33.4 Å². The van der Waals surface area contributed by atoms with Gasteiger partial charge in [0.25, 0.3) is 5.91 Å². The second-order valence-electron chi connectivity index (χ2n) is 8.37. The predicted molar refractivity (Wildman–Crippen MR) is 132 cm³/mol. The van der Waals surface area contributed by atoms with Crippen molar-refractivity contribution in [3.05, 3.63) is 59.1 Å². The van der Waals surface area contributed by atoms with Gasteiger partial charge in [-0.15, -0.1) is 11.3 Å². The minimum atomic E-state index is 0.0395. The molecule has 1 aliphatic heterocycles. The summed E-state index contributed by atoms with van der Waals surface area (Å²) in [5, 5.41) is 4.29. The van der Waals surface area contributed by atoms with Crippen molar-refractivity contribution in [2.75, 3.05) is 19.7 Å². The maximum absolute atomic E-state index is 12.7. The summed E-state index contributed by atoms with van der Waals surface area (Å²) in [7, 11) is 0. The van der Waals surface area contributed by atoms with Crippen LogP contribution in [0.4, 0.5) is 0 Å². The molecule has 0 radical (unpaired) electrons. The summed E-state index contributed by atoms with van der Waals surface area (Å²) in [6.07, 6.45) is 4.86. The number of carbonyl (C=O) groups is 2. The lowest BCUT2D eigenvalue weighted by Crippen LogP contribution is -2.46. The molecule has 0 spiro atoms. The zero-order valence-corrected chi connectivity index (χ0v) is 19.9. The van der Waals surface area contributed by atoms with E-state index in [1.807, 2.05) is 54.3 Å². The number of carbonyl (C=O) groups excluding carboxylic acids is 2. The lowest BCUT2D eigenvalue weighted by molar-refractivity contribution is -0.122. The predicted octanol–water partition coefficient (Wildman–Crippen LogP) is 4.83. The summed E-state index contributed by atoms with van der Waals surface area (Å²) in [5.41, 5.74) is 1.73. The Morgan fingerprint density at radius 1 is 1.09 bits per heavy atom. The average molecular weight is 466 g/mol. The van der Waals surface area contributed by atoms with E-state index < -0.39 is 0 Å². The number of amides is 2. The molecule has 1 aliphatic rings. The zero-order valence-electron chi connectivity index (χ0n) is 19.1. The SMILES string of the molecule is CCOc1ccc(C(=O)N2CCC(NC(=O)CCCCc3nc4ccccc4s3)CC2)cc1. The topological polar surface area (TPSA) is 71.5 Å². The molecule has 2 aromatic carbocycles. The van der Waals surface area contributed by atoms with Crippen molar-refractivity contribution in [2.24, 2.45) is 0 Å². The first-order valence-corrected chi connectivity index (χ1v) is 12.6. The van der Waals surface area contributed by atoms with Crippen LogP contribution in [0.5, 0.6) is 5.75 Å². The zero-order chi connectivity index (χ0) is 23.0. The van der Waals surface area contributed by atoms with Gasteiger partial charge < -0.3 is 15.0 Å². The highest BCUT2D eigenvalue weighted by Gasteiger charge is 2.24. The smallest absolute Gasteiger partial charge is 0.253 e. The van der Waals surface area contributed by atoms with E-state index in [4.69, 9.17) is 4.74 Å². The van der Waals surface area contributed by atoms with E-state index in [9.17, 15) is 9.59 Å². The van der Waals surface area contributed by atoms with Gasteiger partial charge in [0.2, 0.25) is 5.91 Å². The highest BCUT2D eigenvalue weighted by Crippen LogP contribution is 2.23. The molecule has 1 fully saturated rings. The van der Waals surface area contributed by atoms with Crippen LogP contribution in [-0.2, 0) is 11.2 Å². The molecule has 2 amide bonds. The molecule has 6 nitrogen and oxygen atoms in total. The van der Waals surface area contributed by atoms with E-state index in [1.54, 1.807) is 11.3 Å². The van der Waals surface area contributed by atoms with Crippen LogP contribution in [0.3, 0.4) is 0 Å². The number of benzene rings is 2. The minimum Gasteiger partial charge on any atom is -0.494 e. The van der Waals surface area contributed by atoms with Crippen LogP contribution in [0, 0.1) is 0 Å². The van der Waals surface area contributed by atoms with Crippen LogP contribution in [0.2, 0.25) is 0 Å². The van der Waals surface area contributed by atoms with Crippen molar-refractivity contribution < 1.29 is 14.3 Å². The fraction of sp³-hybridized carbons (Fsp3) is 0.423. The Morgan fingerprint density at radius 2 is 1.85 bits per heavy atom. The second-order valence-corrected chi connectivity index (χ2v) is 9.49. The third-order valence-corrected chi connectivity index (χ3v) is 7.04. The first-order chi connectivity index (χ1) is 16.1. The average Bonchev–Trinajstić information content (AvgIpc) is 3.26. The fourth-order valence-corrected chi connectivity index (χ4v) is 5.17. The summed E-state index contributed by atoms with van der Waals surface area (Å²) in [4.78, 5) is 31.6. The normalized spacial score (nSPS) is 14.4. The Balaban J connectivity index is 1.14. The Bertz CT molecular complexity index is 1040. The quantitative estimate of drug-likeness (QED) is 0.460. The molecule has 0 unspecified atom stereocenters. The number of hydrogen-bond acceptors (Lipinski definition) is 5. The number of likely N-dealkylation sites (tertiary alicyclic amines) is 1. The number of fused-ring (bicyclic) bond motifs is 1. The highest BCUT2D eigenvalue weighted by molar-refractivity contribution is 7.18. The van der Waals surface area contributed by atoms with E-state index in [2.05, 4.69) is 16.4 Å². The van der Waals surface area contributed by atoms with E-state index in [1.165, 1.54) is 4.70 Å². The Labute approximate surface area is 199 Å². The number of piperidine rings is 1. The van der Waals surface area contributed by atoms with Gasteiger partial charge in [-0.2, -0.15) is 0 Å². The molecule has 0 saturated carbocycles. The van der Waals surface area contributed by atoms with Crippen molar-refractivity contribution in [2.45, 2.75) is 51.5 Å². The molecule has 33 heavy (non-hydrogen) atoms.